The predicted molar refractivity (Wildman–Crippen MR) is 124 cm³/mol. The van der Waals surface area contributed by atoms with E-state index in [1.807, 2.05) is 6.92 Å². The molecule has 1 fully saturated rings. The van der Waals surface area contributed by atoms with Gasteiger partial charge in [0.1, 0.15) is 6.10 Å². The summed E-state index contributed by atoms with van der Waals surface area (Å²) in [6.07, 6.45) is -1.16. The minimum absolute atomic E-state index is 0.0305. The monoisotopic (exact) mass is 492 g/mol. The van der Waals surface area contributed by atoms with Crippen LogP contribution in [-0.4, -0.2) is 82.1 Å². The second-order valence-electron chi connectivity index (χ2n) is 8.49. The van der Waals surface area contributed by atoms with Gasteiger partial charge in [0.05, 0.1) is 29.0 Å². The first-order chi connectivity index (χ1) is 16.2. The molecule has 2 aliphatic rings. The molecule has 34 heavy (non-hydrogen) atoms. The first kappa shape index (κ1) is 25.9. The second kappa shape index (κ2) is 11.6. The van der Waals surface area contributed by atoms with Crippen LogP contribution in [0.4, 0.5) is 0 Å². The van der Waals surface area contributed by atoms with E-state index in [-0.39, 0.29) is 52.6 Å². The number of carboxylic acid groups (broad SMARTS) is 1. The Kier molecular flexibility index (Phi) is 8.81. The molecule has 1 aromatic carbocycles. The van der Waals surface area contributed by atoms with E-state index < -0.39 is 24.2 Å². The SMILES string of the molecule is C[C@H]1C(S[C@@H]2CN[C@H](C(=O)Cc3cccc(C(=O)O)c3)C2)C(OC=O)=NC1[C@H](OC=O)[C@@H](C)O. The van der Waals surface area contributed by atoms with Crippen molar-refractivity contribution in [1.82, 2.24) is 5.32 Å². The van der Waals surface area contributed by atoms with Crippen molar-refractivity contribution in [3.63, 3.8) is 0 Å². The van der Waals surface area contributed by atoms with E-state index in [0.29, 0.717) is 25.0 Å². The number of carbonyl (C=O) groups excluding carboxylic acids is 3. The van der Waals surface area contributed by atoms with Crippen LogP contribution in [0, 0.1) is 5.92 Å². The molecule has 2 aliphatic heterocycles. The zero-order valence-corrected chi connectivity index (χ0v) is 19.6. The van der Waals surface area contributed by atoms with Crippen molar-refractivity contribution in [3.8, 4) is 0 Å². The minimum atomic E-state index is -1.04. The lowest BCUT2D eigenvalue weighted by molar-refractivity contribution is -0.141. The Morgan fingerprint density at radius 1 is 1.32 bits per heavy atom. The Labute approximate surface area is 201 Å². The maximum Gasteiger partial charge on any atom is 0.335 e. The Balaban J connectivity index is 1.63. The van der Waals surface area contributed by atoms with Crippen molar-refractivity contribution in [2.75, 3.05) is 6.54 Å². The van der Waals surface area contributed by atoms with Crippen molar-refractivity contribution >= 4 is 42.4 Å². The number of ether oxygens (including phenoxy) is 2. The Bertz CT molecular complexity index is 953. The number of rotatable bonds is 11. The number of ketones is 1. The van der Waals surface area contributed by atoms with Crippen LogP contribution < -0.4 is 5.32 Å². The van der Waals surface area contributed by atoms with Gasteiger partial charge in [-0.25, -0.2) is 9.79 Å². The van der Waals surface area contributed by atoms with E-state index in [4.69, 9.17) is 14.6 Å². The average molecular weight is 493 g/mol. The van der Waals surface area contributed by atoms with Gasteiger partial charge in [0, 0.05) is 24.1 Å². The zero-order valence-electron chi connectivity index (χ0n) is 18.8. The Morgan fingerprint density at radius 2 is 2.09 bits per heavy atom. The van der Waals surface area contributed by atoms with Gasteiger partial charge in [-0.15, -0.1) is 11.8 Å². The lowest BCUT2D eigenvalue weighted by Gasteiger charge is -2.28. The molecule has 11 heteroatoms. The maximum atomic E-state index is 12.8. The smallest absolute Gasteiger partial charge is 0.335 e. The third-order valence-electron chi connectivity index (χ3n) is 6.10. The molecule has 0 radical (unpaired) electrons. The van der Waals surface area contributed by atoms with Crippen LogP contribution in [0.1, 0.15) is 36.2 Å². The first-order valence-electron chi connectivity index (χ1n) is 10.9. The summed E-state index contributed by atoms with van der Waals surface area (Å²) >= 11 is 1.52. The van der Waals surface area contributed by atoms with Gasteiger partial charge in [-0.1, -0.05) is 19.1 Å². The molecule has 3 N–H and O–H groups in total. The van der Waals surface area contributed by atoms with Crippen LogP contribution >= 0.6 is 11.8 Å². The molecule has 1 saturated heterocycles. The lowest BCUT2D eigenvalue weighted by Crippen LogP contribution is -2.41. The van der Waals surface area contributed by atoms with Crippen LogP contribution in [0.5, 0.6) is 0 Å². The Morgan fingerprint density at radius 3 is 2.74 bits per heavy atom. The van der Waals surface area contributed by atoms with Crippen molar-refractivity contribution in [3.05, 3.63) is 35.4 Å². The summed E-state index contributed by atoms with van der Waals surface area (Å²) in [5, 5.41) is 22.1. The first-order valence-corrected chi connectivity index (χ1v) is 11.9. The van der Waals surface area contributed by atoms with Gasteiger partial charge in [-0.3, -0.25) is 14.4 Å². The van der Waals surface area contributed by atoms with Gasteiger partial charge in [-0.05, 0) is 31.0 Å². The fourth-order valence-corrected chi connectivity index (χ4v) is 5.94. The number of thioether (sulfide) groups is 1. The topological polar surface area (TPSA) is 152 Å². The van der Waals surface area contributed by atoms with E-state index in [9.17, 15) is 24.3 Å². The van der Waals surface area contributed by atoms with Gasteiger partial charge in [0.15, 0.2) is 5.78 Å². The number of aromatic carboxylic acids is 1. The predicted octanol–water partition coefficient (Wildman–Crippen LogP) is 0.841. The van der Waals surface area contributed by atoms with Crippen molar-refractivity contribution < 1.29 is 38.9 Å². The number of aliphatic hydroxyl groups excluding tert-OH is 1. The van der Waals surface area contributed by atoms with Gasteiger partial charge < -0.3 is 25.0 Å². The number of aliphatic hydroxyl groups is 1. The number of carboxylic acids is 1. The van der Waals surface area contributed by atoms with Crippen LogP contribution in [0.3, 0.4) is 0 Å². The zero-order chi connectivity index (χ0) is 24.8. The molecule has 1 aromatic rings. The summed E-state index contributed by atoms with van der Waals surface area (Å²) in [4.78, 5) is 50.3. The van der Waals surface area contributed by atoms with E-state index in [1.54, 1.807) is 12.1 Å². The van der Waals surface area contributed by atoms with Crippen LogP contribution in [0.25, 0.3) is 0 Å². The van der Waals surface area contributed by atoms with Crippen LogP contribution in [-0.2, 0) is 30.3 Å². The lowest BCUT2D eigenvalue weighted by atomic mass is 9.94. The highest BCUT2D eigenvalue weighted by Gasteiger charge is 2.46. The van der Waals surface area contributed by atoms with Gasteiger partial charge in [-0.2, -0.15) is 0 Å². The highest BCUT2D eigenvalue weighted by molar-refractivity contribution is 8.01. The summed E-state index contributed by atoms with van der Waals surface area (Å²) < 4.78 is 10.2. The van der Waals surface area contributed by atoms with Crippen molar-refractivity contribution in [1.29, 1.82) is 0 Å². The number of carbonyl (C=O) groups is 4. The van der Waals surface area contributed by atoms with Gasteiger partial charge in [0.25, 0.3) is 12.9 Å². The van der Waals surface area contributed by atoms with Crippen molar-refractivity contribution in [2.45, 2.75) is 61.5 Å². The number of nitrogens with one attached hydrogen (secondary N) is 1. The van der Waals surface area contributed by atoms with E-state index >= 15 is 0 Å². The number of nitrogens with zero attached hydrogens (tertiary/aromatic N) is 1. The quantitative estimate of drug-likeness (QED) is 0.379. The largest absolute Gasteiger partial charge is 0.478 e. The maximum absolute atomic E-state index is 12.8. The number of aliphatic imine (C=N–C) groups is 1. The van der Waals surface area contributed by atoms with Gasteiger partial charge in [0.2, 0.25) is 5.90 Å². The van der Waals surface area contributed by atoms with E-state index in [2.05, 4.69) is 10.3 Å². The molecular formula is C23H28N2O8S. The van der Waals surface area contributed by atoms with E-state index in [1.165, 1.54) is 30.8 Å². The van der Waals surface area contributed by atoms with Crippen LogP contribution in [0.2, 0.25) is 0 Å². The summed E-state index contributed by atoms with van der Waals surface area (Å²) in [6.45, 7) is 4.51. The molecule has 184 valence electrons. The second-order valence-corrected chi connectivity index (χ2v) is 9.94. The molecular weight excluding hydrogens is 464 g/mol. The molecule has 10 nitrogen and oxygen atoms in total. The number of hydrogen-bond acceptors (Lipinski definition) is 10. The molecule has 0 spiro atoms. The summed E-state index contributed by atoms with van der Waals surface area (Å²) in [5.41, 5.74) is 0.780. The average Bonchev–Trinajstić information content (AvgIpc) is 3.38. The minimum Gasteiger partial charge on any atom is -0.478 e. The number of benzene rings is 1. The molecule has 0 amide bonds. The van der Waals surface area contributed by atoms with Crippen molar-refractivity contribution in [2.24, 2.45) is 10.9 Å². The Hall–Kier alpha value is -2.76. The molecule has 0 aromatic heterocycles. The summed E-state index contributed by atoms with van der Waals surface area (Å²) in [6, 6.07) is 5.37. The number of Topliss-reactive ketones (excluding diaryl/α,β-unsaturated/α-hetero) is 1. The molecule has 7 atom stereocenters. The standard InChI is InChI=1S/C23H28N2O8S/c1-12-19(20(13(2)28)32-10-26)25-22(33-11-27)21(12)34-16-8-17(24-9-16)18(29)7-14-4-3-5-15(6-14)23(30)31/h3-6,10-13,16-17,19-21,24,28H,7-9H2,1-2H3,(H,30,31)/t12-,13-,16+,17+,19?,20-,21?/m1/s1. The molecule has 2 heterocycles. The van der Waals surface area contributed by atoms with Gasteiger partial charge >= 0.3 is 5.97 Å². The normalized spacial score (nSPS) is 28.0. The molecule has 2 unspecified atom stereocenters. The summed E-state index contributed by atoms with van der Waals surface area (Å²) in [7, 11) is 0. The molecule has 0 aliphatic carbocycles. The molecule has 3 rings (SSSR count). The molecule has 0 bridgehead atoms. The third kappa shape index (κ3) is 6.02. The highest BCUT2D eigenvalue weighted by Crippen LogP contribution is 2.38. The summed E-state index contributed by atoms with van der Waals surface area (Å²) in [5.74, 6) is -1.07. The van der Waals surface area contributed by atoms with E-state index in [0.717, 1.165) is 0 Å². The number of hydrogen-bond donors (Lipinski definition) is 3. The fraction of sp³-hybridized carbons (Fsp3) is 0.522. The fourth-order valence-electron chi connectivity index (χ4n) is 4.39. The molecule has 0 saturated carbocycles. The third-order valence-corrected chi connectivity index (χ3v) is 7.77. The van der Waals surface area contributed by atoms with Crippen LogP contribution in [0.15, 0.2) is 29.3 Å². The highest BCUT2D eigenvalue weighted by atomic mass is 32.2.